The highest BCUT2D eigenvalue weighted by atomic mass is 16.5. The zero-order valence-corrected chi connectivity index (χ0v) is 14.6. The summed E-state index contributed by atoms with van der Waals surface area (Å²) in [6, 6.07) is 18.9. The summed E-state index contributed by atoms with van der Waals surface area (Å²) in [7, 11) is 1.60. The van der Waals surface area contributed by atoms with Gasteiger partial charge in [0.15, 0.2) is 11.5 Å². The normalized spacial score (nSPS) is 10.7. The number of aromatic nitrogens is 3. The minimum Gasteiger partial charge on any atom is -0.497 e. The van der Waals surface area contributed by atoms with Gasteiger partial charge in [0.05, 0.1) is 12.8 Å². The molecule has 0 saturated heterocycles. The largest absolute Gasteiger partial charge is 0.497 e. The molecule has 0 fully saturated rings. The average molecular weight is 359 g/mol. The maximum absolute atomic E-state index is 12.1. The number of methoxy groups -OCH3 is 1. The first-order valence-electron chi connectivity index (χ1n) is 8.31. The summed E-state index contributed by atoms with van der Waals surface area (Å²) < 4.78 is 6.79. The number of nitrogens with two attached hydrogens (primary N) is 1. The predicted octanol–water partition coefficient (Wildman–Crippen LogP) is 3.25. The molecule has 0 radical (unpaired) electrons. The van der Waals surface area contributed by atoms with Crippen molar-refractivity contribution in [3.63, 3.8) is 0 Å². The van der Waals surface area contributed by atoms with Gasteiger partial charge < -0.3 is 15.8 Å². The number of benzene rings is 2. The van der Waals surface area contributed by atoms with Crippen molar-refractivity contribution in [1.82, 2.24) is 14.6 Å². The third-order valence-electron chi connectivity index (χ3n) is 4.19. The summed E-state index contributed by atoms with van der Waals surface area (Å²) in [5.41, 5.74) is 8.78. The van der Waals surface area contributed by atoms with Crippen LogP contribution in [0.1, 0.15) is 10.4 Å². The van der Waals surface area contributed by atoms with E-state index in [1.165, 1.54) is 0 Å². The third-order valence-corrected chi connectivity index (χ3v) is 4.19. The van der Waals surface area contributed by atoms with Crippen LogP contribution in [0.15, 0.2) is 66.9 Å². The number of rotatable bonds is 5. The Morgan fingerprint density at radius 1 is 1.07 bits per heavy atom. The van der Waals surface area contributed by atoms with Crippen molar-refractivity contribution in [3.8, 4) is 17.0 Å². The van der Waals surface area contributed by atoms with Crippen molar-refractivity contribution in [2.45, 2.75) is 0 Å². The van der Waals surface area contributed by atoms with Crippen LogP contribution in [0.2, 0.25) is 0 Å². The van der Waals surface area contributed by atoms with Crippen LogP contribution in [0.4, 0.5) is 11.5 Å². The van der Waals surface area contributed by atoms with Gasteiger partial charge in [0.2, 0.25) is 0 Å². The molecule has 0 bridgehead atoms. The lowest BCUT2D eigenvalue weighted by molar-refractivity contribution is 0.100. The topological polar surface area (TPSA) is 94.5 Å². The van der Waals surface area contributed by atoms with Crippen LogP contribution in [-0.4, -0.2) is 27.6 Å². The first-order valence-corrected chi connectivity index (χ1v) is 8.31. The Balaban J connectivity index is 1.85. The number of carbonyl (C=O) groups is 1. The van der Waals surface area contributed by atoms with E-state index in [1.54, 1.807) is 17.8 Å². The first kappa shape index (κ1) is 16.6. The van der Waals surface area contributed by atoms with Crippen LogP contribution in [0.25, 0.3) is 16.9 Å². The zero-order valence-electron chi connectivity index (χ0n) is 14.6. The number of nitrogens with one attached hydrogen (secondary N) is 1. The molecule has 0 unspecified atom stereocenters. The molecule has 2 heterocycles. The molecule has 134 valence electrons. The molecular formula is C20H17N5O2. The van der Waals surface area contributed by atoms with Gasteiger partial charge in [-0.15, -0.1) is 5.10 Å². The van der Waals surface area contributed by atoms with E-state index < -0.39 is 5.91 Å². The van der Waals surface area contributed by atoms with Gasteiger partial charge in [-0.05, 0) is 30.3 Å². The minimum absolute atomic E-state index is 0.239. The first-order chi connectivity index (χ1) is 13.2. The molecule has 2 aromatic heterocycles. The highest BCUT2D eigenvalue weighted by Crippen LogP contribution is 2.27. The highest BCUT2D eigenvalue weighted by Gasteiger charge is 2.21. The molecule has 7 nitrogen and oxygen atoms in total. The van der Waals surface area contributed by atoms with Crippen molar-refractivity contribution < 1.29 is 9.53 Å². The molecule has 0 aliphatic rings. The van der Waals surface area contributed by atoms with E-state index in [1.807, 2.05) is 60.7 Å². The van der Waals surface area contributed by atoms with Crippen molar-refractivity contribution in [1.29, 1.82) is 0 Å². The molecule has 1 amide bonds. The molecule has 0 atom stereocenters. The fourth-order valence-electron chi connectivity index (χ4n) is 2.90. The Morgan fingerprint density at radius 3 is 2.48 bits per heavy atom. The fraction of sp³-hybridized carbons (Fsp3) is 0.0500. The van der Waals surface area contributed by atoms with Gasteiger partial charge in [-0.1, -0.05) is 30.3 Å². The second kappa shape index (κ2) is 6.80. The van der Waals surface area contributed by atoms with E-state index in [9.17, 15) is 4.79 Å². The molecule has 27 heavy (non-hydrogen) atoms. The van der Waals surface area contributed by atoms with Gasteiger partial charge in [0, 0.05) is 17.4 Å². The molecule has 0 aliphatic heterocycles. The van der Waals surface area contributed by atoms with Crippen LogP contribution < -0.4 is 15.8 Å². The lowest BCUT2D eigenvalue weighted by Gasteiger charge is -2.05. The number of ether oxygens (including phenoxy) is 1. The summed E-state index contributed by atoms with van der Waals surface area (Å²) in [6.45, 7) is 0. The van der Waals surface area contributed by atoms with Crippen molar-refractivity contribution in [2.24, 2.45) is 5.73 Å². The van der Waals surface area contributed by atoms with E-state index in [0.29, 0.717) is 11.5 Å². The summed E-state index contributed by atoms with van der Waals surface area (Å²) >= 11 is 0. The fourth-order valence-corrected chi connectivity index (χ4v) is 2.90. The Hall–Kier alpha value is -3.87. The lowest BCUT2D eigenvalue weighted by atomic mass is 10.1. The number of nitrogens with zero attached hydrogens (tertiary/aromatic N) is 3. The van der Waals surface area contributed by atoms with Gasteiger partial charge in [0.25, 0.3) is 5.91 Å². The van der Waals surface area contributed by atoms with Gasteiger partial charge in [-0.3, -0.25) is 4.79 Å². The minimum atomic E-state index is -0.598. The molecule has 4 rings (SSSR count). The summed E-state index contributed by atoms with van der Waals surface area (Å²) in [5.74, 6) is 0.487. The Bertz CT molecular complexity index is 1100. The SMILES string of the molecule is COc1ccc(Nc2nn3c(-c4ccccc4)ccnc3c2C(N)=O)cc1. The van der Waals surface area contributed by atoms with Crippen LogP contribution >= 0.6 is 0 Å². The summed E-state index contributed by atoms with van der Waals surface area (Å²) in [5, 5.41) is 7.70. The van der Waals surface area contributed by atoms with E-state index in [4.69, 9.17) is 10.5 Å². The summed E-state index contributed by atoms with van der Waals surface area (Å²) in [6.07, 6.45) is 1.64. The number of fused-ring (bicyclic) bond motifs is 1. The predicted molar refractivity (Wildman–Crippen MR) is 103 cm³/mol. The number of amides is 1. The molecule has 0 saturated carbocycles. The molecule has 3 N–H and O–H groups in total. The average Bonchev–Trinajstić information content (AvgIpc) is 3.07. The van der Waals surface area contributed by atoms with Gasteiger partial charge in [-0.25, -0.2) is 9.50 Å². The smallest absolute Gasteiger partial charge is 0.256 e. The molecule has 2 aromatic carbocycles. The van der Waals surface area contributed by atoms with Gasteiger partial charge in [0.1, 0.15) is 11.3 Å². The van der Waals surface area contributed by atoms with Crippen molar-refractivity contribution in [2.75, 3.05) is 12.4 Å². The number of carbonyl (C=O) groups excluding carboxylic acids is 1. The zero-order chi connectivity index (χ0) is 18.8. The number of hydrogen-bond donors (Lipinski definition) is 2. The second-order valence-corrected chi connectivity index (χ2v) is 5.87. The van der Waals surface area contributed by atoms with Crippen LogP contribution in [-0.2, 0) is 0 Å². The standard InChI is InChI=1S/C20H17N5O2/c1-27-15-9-7-14(8-10-15)23-19-17(18(21)26)20-22-12-11-16(25(20)24-19)13-5-3-2-4-6-13/h2-12H,1H3,(H2,21,26)(H,23,24). The molecule has 0 spiro atoms. The summed E-state index contributed by atoms with van der Waals surface area (Å²) in [4.78, 5) is 16.4. The van der Waals surface area contributed by atoms with Crippen LogP contribution in [0, 0.1) is 0 Å². The van der Waals surface area contributed by atoms with E-state index >= 15 is 0 Å². The monoisotopic (exact) mass is 359 g/mol. The maximum Gasteiger partial charge on any atom is 0.256 e. The Labute approximate surface area is 155 Å². The van der Waals surface area contributed by atoms with Crippen molar-refractivity contribution >= 4 is 23.1 Å². The lowest BCUT2D eigenvalue weighted by Crippen LogP contribution is -2.13. The molecule has 0 aliphatic carbocycles. The van der Waals surface area contributed by atoms with Crippen molar-refractivity contribution in [3.05, 3.63) is 72.4 Å². The molecule has 4 aromatic rings. The third kappa shape index (κ3) is 3.06. The van der Waals surface area contributed by atoms with E-state index in [-0.39, 0.29) is 5.56 Å². The Morgan fingerprint density at radius 2 is 1.81 bits per heavy atom. The quantitative estimate of drug-likeness (QED) is 0.570. The maximum atomic E-state index is 12.1. The highest BCUT2D eigenvalue weighted by molar-refractivity contribution is 6.04. The van der Waals surface area contributed by atoms with Crippen LogP contribution in [0.3, 0.4) is 0 Å². The van der Waals surface area contributed by atoms with Gasteiger partial charge >= 0.3 is 0 Å². The van der Waals surface area contributed by atoms with E-state index in [2.05, 4.69) is 15.4 Å². The second-order valence-electron chi connectivity index (χ2n) is 5.87. The number of anilines is 2. The van der Waals surface area contributed by atoms with Crippen LogP contribution in [0.5, 0.6) is 5.75 Å². The van der Waals surface area contributed by atoms with Gasteiger partial charge in [-0.2, -0.15) is 0 Å². The Kier molecular flexibility index (Phi) is 4.18. The molecule has 7 heteroatoms. The number of hydrogen-bond acceptors (Lipinski definition) is 5. The molecular weight excluding hydrogens is 342 g/mol. The number of primary amides is 1. The van der Waals surface area contributed by atoms with E-state index in [0.717, 1.165) is 22.7 Å².